The molecule has 6 heteroatoms. The van der Waals surface area contributed by atoms with Gasteiger partial charge in [-0.2, -0.15) is 0 Å². The minimum atomic E-state index is 0.375. The van der Waals surface area contributed by atoms with Gasteiger partial charge in [0.15, 0.2) is 11.0 Å². The molecule has 1 aliphatic rings. The van der Waals surface area contributed by atoms with Crippen molar-refractivity contribution in [2.45, 2.75) is 42.7 Å². The van der Waals surface area contributed by atoms with Crippen LogP contribution in [0.15, 0.2) is 53.7 Å². The Bertz CT molecular complexity index is 904. The molecule has 0 saturated heterocycles. The zero-order valence-electron chi connectivity index (χ0n) is 15.3. The van der Waals surface area contributed by atoms with E-state index in [1.54, 1.807) is 11.8 Å². The Morgan fingerprint density at radius 2 is 1.89 bits per heavy atom. The summed E-state index contributed by atoms with van der Waals surface area (Å²) in [5.41, 5.74) is 2.21. The van der Waals surface area contributed by atoms with Crippen molar-refractivity contribution in [3.8, 4) is 17.1 Å². The fraction of sp³-hybridized carbons (Fsp3) is 0.333. The monoisotopic (exact) mass is 399 g/mol. The predicted octanol–water partition coefficient (Wildman–Crippen LogP) is 5.75. The van der Waals surface area contributed by atoms with Crippen molar-refractivity contribution in [2.24, 2.45) is 7.05 Å². The standard InChI is InChI=1S/C21H22ClN3OS/c1-25-20(16-9-11-19(12-10-16)26-18-7-2-3-8-18)23-24-21(25)27-14-15-5-4-6-17(22)13-15/h4-6,9-13,18H,2-3,7-8,14H2,1H3. The molecule has 0 amide bonds. The Kier molecular flexibility index (Phi) is 5.69. The maximum Gasteiger partial charge on any atom is 0.191 e. The fourth-order valence-electron chi connectivity index (χ4n) is 3.35. The summed E-state index contributed by atoms with van der Waals surface area (Å²) >= 11 is 7.71. The van der Waals surface area contributed by atoms with Gasteiger partial charge in [0, 0.05) is 23.4 Å². The molecule has 0 N–H and O–H groups in total. The number of hydrogen-bond donors (Lipinski definition) is 0. The number of ether oxygens (including phenoxy) is 1. The maximum absolute atomic E-state index is 6.06. The largest absolute Gasteiger partial charge is 0.490 e. The summed E-state index contributed by atoms with van der Waals surface area (Å²) in [4.78, 5) is 0. The third-order valence-electron chi connectivity index (χ3n) is 4.81. The van der Waals surface area contributed by atoms with Crippen molar-refractivity contribution in [3.05, 3.63) is 59.1 Å². The van der Waals surface area contributed by atoms with E-state index in [-0.39, 0.29) is 0 Å². The van der Waals surface area contributed by atoms with Crippen LogP contribution in [-0.2, 0) is 12.8 Å². The van der Waals surface area contributed by atoms with Crippen molar-refractivity contribution in [1.82, 2.24) is 14.8 Å². The summed E-state index contributed by atoms with van der Waals surface area (Å²) in [5, 5.41) is 10.4. The SMILES string of the molecule is Cn1c(SCc2cccc(Cl)c2)nnc1-c1ccc(OC2CCCC2)cc1. The normalized spacial score (nSPS) is 14.6. The molecule has 140 valence electrons. The summed E-state index contributed by atoms with van der Waals surface area (Å²) in [5.74, 6) is 2.60. The number of aromatic nitrogens is 3. The first-order chi connectivity index (χ1) is 13.2. The van der Waals surface area contributed by atoms with Gasteiger partial charge in [0.05, 0.1) is 6.10 Å². The highest BCUT2D eigenvalue weighted by atomic mass is 35.5. The molecule has 2 aromatic carbocycles. The molecule has 1 heterocycles. The second-order valence-electron chi connectivity index (χ2n) is 6.83. The number of benzene rings is 2. The van der Waals surface area contributed by atoms with Gasteiger partial charge in [0.2, 0.25) is 0 Å². The van der Waals surface area contributed by atoms with E-state index < -0.39 is 0 Å². The Morgan fingerprint density at radius 1 is 1.11 bits per heavy atom. The zero-order valence-corrected chi connectivity index (χ0v) is 16.8. The Morgan fingerprint density at radius 3 is 2.63 bits per heavy atom. The molecular formula is C21H22ClN3OS. The number of thioether (sulfide) groups is 1. The molecule has 1 fully saturated rings. The number of nitrogens with zero attached hydrogens (tertiary/aromatic N) is 3. The molecule has 1 aromatic heterocycles. The van der Waals surface area contributed by atoms with Crippen molar-refractivity contribution in [1.29, 1.82) is 0 Å². The lowest BCUT2D eigenvalue weighted by Crippen LogP contribution is -2.10. The highest BCUT2D eigenvalue weighted by molar-refractivity contribution is 7.98. The van der Waals surface area contributed by atoms with Gasteiger partial charge in [0.1, 0.15) is 5.75 Å². The molecule has 1 saturated carbocycles. The quantitative estimate of drug-likeness (QED) is 0.495. The molecule has 0 spiro atoms. The highest BCUT2D eigenvalue weighted by Crippen LogP contribution is 2.28. The van der Waals surface area contributed by atoms with Gasteiger partial charge < -0.3 is 9.30 Å². The number of hydrogen-bond acceptors (Lipinski definition) is 4. The summed E-state index contributed by atoms with van der Waals surface area (Å²) in [6.45, 7) is 0. The molecular weight excluding hydrogens is 378 g/mol. The van der Waals surface area contributed by atoms with Crippen LogP contribution in [0.4, 0.5) is 0 Å². The van der Waals surface area contributed by atoms with Gasteiger partial charge in [0.25, 0.3) is 0 Å². The molecule has 4 nitrogen and oxygen atoms in total. The van der Waals surface area contributed by atoms with E-state index in [0.717, 1.165) is 45.9 Å². The summed E-state index contributed by atoms with van der Waals surface area (Å²) < 4.78 is 8.07. The molecule has 0 unspecified atom stereocenters. The Hall–Kier alpha value is -1.98. The minimum absolute atomic E-state index is 0.375. The van der Waals surface area contributed by atoms with Crippen LogP contribution in [0.5, 0.6) is 5.75 Å². The number of rotatable bonds is 6. The Balaban J connectivity index is 1.43. The summed E-state index contributed by atoms with van der Waals surface area (Å²) in [6.07, 6.45) is 5.26. The topological polar surface area (TPSA) is 39.9 Å². The van der Waals surface area contributed by atoms with Crippen LogP contribution in [0.3, 0.4) is 0 Å². The van der Waals surface area contributed by atoms with Gasteiger partial charge in [-0.15, -0.1) is 10.2 Å². The molecule has 4 rings (SSSR count). The van der Waals surface area contributed by atoms with E-state index in [1.165, 1.54) is 18.4 Å². The first kappa shape index (κ1) is 18.4. The van der Waals surface area contributed by atoms with Gasteiger partial charge >= 0.3 is 0 Å². The van der Waals surface area contributed by atoms with Crippen LogP contribution in [0.2, 0.25) is 5.02 Å². The van der Waals surface area contributed by atoms with Crippen LogP contribution in [-0.4, -0.2) is 20.9 Å². The van der Waals surface area contributed by atoms with E-state index in [0.29, 0.717) is 6.10 Å². The highest BCUT2D eigenvalue weighted by Gasteiger charge is 2.17. The van der Waals surface area contributed by atoms with Gasteiger partial charge in [-0.1, -0.05) is 35.5 Å². The lowest BCUT2D eigenvalue weighted by atomic mass is 10.2. The van der Waals surface area contributed by atoms with E-state index >= 15 is 0 Å². The first-order valence-electron chi connectivity index (χ1n) is 9.23. The van der Waals surface area contributed by atoms with Crippen molar-refractivity contribution in [3.63, 3.8) is 0 Å². The third-order valence-corrected chi connectivity index (χ3v) is 6.14. The molecule has 0 bridgehead atoms. The van der Waals surface area contributed by atoms with Crippen LogP contribution in [0.1, 0.15) is 31.2 Å². The maximum atomic E-state index is 6.06. The molecule has 1 aliphatic carbocycles. The van der Waals surface area contributed by atoms with Crippen LogP contribution in [0.25, 0.3) is 11.4 Å². The molecule has 27 heavy (non-hydrogen) atoms. The first-order valence-corrected chi connectivity index (χ1v) is 10.6. The smallest absolute Gasteiger partial charge is 0.191 e. The second-order valence-corrected chi connectivity index (χ2v) is 8.21. The molecule has 0 atom stereocenters. The minimum Gasteiger partial charge on any atom is -0.490 e. The van der Waals surface area contributed by atoms with E-state index in [1.807, 2.05) is 41.9 Å². The molecule has 3 aromatic rings. The van der Waals surface area contributed by atoms with Gasteiger partial charge in [-0.3, -0.25) is 0 Å². The zero-order chi connectivity index (χ0) is 18.6. The van der Waals surface area contributed by atoms with Crippen LogP contribution < -0.4 is 4.74 Å². The second kappa shape index (κ2) is 8.36. The number of halogens is 1. The summed E-state index contributed by atoms with van der Waals surface area (Å²) in [6, 6.07) is 16.1. The molecule has 0 radical (unpaired) electrons. The van der Waals surface area contributed by atoms with E-state index in [2.05, 4.69) is 28.4 Å². The average Bonchev–Trinajstić information content (AvgIpc) is 3.31. The van der Waals surface area contributed by atoms with E-state index in [4.69, 9.17) is 16.3 Å². The van der Waals surface area contributed by atoms with Crippen LogP contribution >= 0.6 is 23.4 Å². The summed E-state index contributed by atoms with van der Waals surface area (Å²) in [7, 11) is 2.00. The van der Waals surface area contributed by atoms with Crippen molar-refractivity contribution < 1.29 is 4.74 Å². The van der Waals surface area contributed by atoms with Crippen LogP contribution in [0, 0.1) is 0 Å². The lowest BCUT2D eigenvalue weighted by molar-refractivity contribution is 0.210. The van der Waals surface area contributed by atoms with Crippen molar-refractivity contribution in [2.75, 3.05) is 0 Å². The average molecular weight is 400 g/mol. The fourth-order valence-corrected chi connectivity index (χ4v) is 4.41. The molecule has 0 aliphatic heterocycles. The van der Waals surface area contributed by atoms with E-state index in [9.17, 15) is 0 Å². The van der Waals surface area contributed by atoms with Gasteiger partial charge in [-0.05, 0) is 67.6 Å². The Labute approximate surface area is 168 Å². The predicted molar refractivity (Wildman–Crippen MR) is 110 cm³/mol. The third kappa shape index (κ3) is 4.47. The van der Waals surface area contributed by atoms with Gasteiger partial charge in [-0.25, -0.2) is 0 Å². The van der Waals surface area contributed by atoms with Crippen molar-refractivity contribution >= 4 is 23.4 Å². The lowest BCUT2D eigenvalue weighted by Gasteiger charge is -2.13.